The van der Waals surface area contributed by atoms with Gasteiger partial charge in [0.1, 0.15) is 0 Å². The van der Waals surface area contributed by atoms with E-state index in [1.54, 1.807) is 4.88 Å². The lowest BCUT2D eigenvalue weighted by molar-refractivity contribution is 0.224. The molecule has 1 rings (SSSR count). The van der Waals surface area contributed by atoms with Crippen molar-refractivity contribution in [3.05, 3.63) is 21.9 Å². The van der Waals surface area contributed by atoms with E-state index in [4.69, 9.17) is 0 Å². The third kappa shape index (κ3) is 5.57. The Hall–Kier alpha value is -0.340. The minimum Gasteiger partial charge on any atom is -0.314 e. The predicted molar refractivity (Wildman–Crippen MR) is 92.8 cm³/mol. The summed E-state index contributed by atoms with van der Waals surface area (Å²) in [7, 11) is 0. The highest BCUT2D eigenvalue weighted by Gasteiger charge is 2.28. The molecule has 1 aromatic heterocycles. The van der Waals surface area contributed by atoms with E-state index in [-0.39, 0.29) is 0 Å². The van der Waals surface area contributed by atoms with Crippen LogP contribution in [0.2, 0.25) is 0 Å². The number of aryl methyl sites for hydroxylation is 1. The standard InChI is InChI=1S/C18H33NS/c1-6-9-12-18(8-3,14-19-15(4)5)13-17-11-10-16(7-2)20-17/h10-11,15,19H,6-9,12-14H2,1-5H3. The van der Waals surface area contributed by atoms with Gasteiger partial charge in [-0.2, -0.15) is 0 Å². The Bertz CT molecular complexity index is 369. The molecule has 1 unspecified atom stereocenters. The molecule has 1 nitrogen and oxygen atoms in total. The molecule has 1 atom stereocenters. The molecule has 0 radical (unpaired) electrons. The van der Waals surface area contributed by atoms with Crippen LogP contribution in [0, 0.1) is 5.41 Å². The molecule has 0 aliphatic heterocycles. The zero-order valence-electron chi connectivity index (χ0n) is 14.1. The number of hydrogen-bond donors (Lipinski definition) is 1. The summed E-state index contributed by atoms with van der Waals surface area (Å²) < 4.78 is 0. The van der Waals surface area contributed by atoms with Crippen molar-refractivity contribution in [1.29, 1.82) is 0 Å². The molecule has 116 valence electrons. The van der Waals surface area contributed by atoms with Crippen LogP contribution in [-0.2, 0) is 12.8 Å². The van der Waals surface area contributed by atoms with Gasteiger partial charge >= 0.3 is 0 Å². The van der Waals surface area contributed by atoms with E-state index in [0.717, 1.165) is 6.54 Å². The maximum Gasteiger partial charge on any atom is 0.00541 e. The lowest BCUT2D eigenvalue weighted by atomic mass is 9.76. The number of nitrogens with one attached hydrogen (secondary N) is 1. The summed E-state index contributed by atoms with van der Waals surface area (Å²) in [5.74, 6) is 0. The summed E-state index contributed by atoms with van der Waals surface area (Å²) in [6.45, 7) is 12.6. The molecule has 20 heavy (non-hydrogen) atoms. The van der Waals surface area contributed by atoms with Gasteiger partial charge in [-0.05, 0) is 43.2 Å². The fourth-order valence-corrected chi connectivity index (χ4v) is 3.85. The van der Waals surface area contributed by atoms with Gasteiger partial charge < -0.3 is 5.32 Å². The Labute approximate surface area is 130 Å². The molecule has 0 aliphatic carbocycles. The van der Waals surface area contributed by atoms with Crippen LogP contribution in [0.4, 0.5) is 0 Å². The van der Waals surface area contributed by atoms with Crippen molar-refractivity contribution >= 4 is 11.3 Å². The molecule has 0 saturated carbocycles. The minimum absolute atomic E-state index is 0.441. The molecule has 0 bridgehead atoms. The maximum atomic E-state index is 3.69. The van der Waals surface area contributed by atoms with Crippen LogP contribution in [0.25, 0.3) is 0 Å². The predicted octanol–water partition coefficient (Wildman–Crippen LogP) is 5.44. The first-order valence-corrected chi connectivity index (χ1v) is 9.17. The number of unbranched alkanes of at least 4 members (excludes halogenated alkanes) is 1. The summed E-state index contributed by atoms with van der Waals surface area (Å²) in [5.41, 5.74) is 0.441. The van der Waals surface area contributed by atoms with Crippen molar-refractivity contribution in [2.45, 2.75) is 79.2 Å². The van der Waals surface area contributed by atoms with E-state index in [0.29, 0.717) is 11.5 Å². The summed E-state index contributed by atoms with van der Waals surface area (Å²) in [5, 5.41) is 3.69. The van der Waals surface area contributed by atoms with Crippen LogP contribution in [-0.4, -0.2) is 12.6 Å². The first-order chi connectivity index (χ1) is 9.55. The van der Waals surface area contributed by atoms with Gasteiger partial charge in [0.25, 0.3) is 0 Å². The summed E-state index contributed by atoms with van der Waals surface area (Å²) >= 11 is 2.02. The maximum absolute atomic E-state index is 3.69. The lowest BCUT2D eigenvalue weighted by Gasteiger charge is -2.34. The zero-order valence-corrected chi connectivity index (χ0v) is 14.9. The highest BCUT2D eigenvalue weighted by atomic mass is 32.1. The Morgan fingerprint density at radius 3 is 2.35 bits per heavy atom. The molecule has 0 fully saturated rings. The second-order valence-electron chi connectivity index (χ2n) is 6.39. The van der Waals surface area contributed by atoms with E-state index < -0.39 is 0 Å². The topological polar surface area (TPSA) is 12.0 Å². The highest BCUT2D eigenvalue weighted by Crippen LogP contribution is 2.35. The Morgan fingerprint density at radius 1 is 1.15 bits per heavy atom. The van der Waals surface area contributed by atoms with Crippen LogP contribution in [0.5, 0.6) is 0 Å². The number of thiophene rings is 1. The first kappa shape index (κ1) is 17.7. The van der Waals surface area contributed by atoms with Crippen molar-refractivity contribution in [3.8, 4) is 0 Å². The number of rotatable bonds is 10. The lowest BCUT2D eigenvalue weighted by Crippen LogP contribution is -2.38. The van der Waals surface area contributed by atoms with Gasteiger partial charge in [0.05, 0.1) is 0 Å². The van der Waals surface area contributed by atoms with Crippen LogP contribution >= 0.6 is 11.3 Å². The van der Waals surface area contributed by atoms with Gasteiger partial charge in [-0.1, -0.05) is 47.5 Å². The summed E-state index contributed by atoms with van der Waals surface area (Å²) in [6, 6.07) is 5.25. The summed E-state index contributed by atoms with van der Waals surface area (Å²) in [4.78, 5) is 3.10. The average molecular weight is 296 g/mol. The summed E-state index contributed by atoms with van der Waals surface area (Å²) in [6.07, 6.45) is 7.68. The van der Waals surface area contributed by atoms with Crippen molar-refractivity contribution in [1.82, 2.24) is 5.32 Å². The van der Waals surface area contributed by atoms with Crippen LogP contribution < -0.4 is 5.32 Å². The largest absolute Gasteiger partial charge is 0.314 e. The third-order valence-corrected chi connectivity index (χ3v) is 5.54. The van der Waals surface area contributed by atoms with Gasteiger partial charge in [-0.25, -0.2) is 0 Å². The molecule has 0 amide bonds. The molecule has 1 heterocycles. The quantitative estimate of drug-likeness (QED) is 0.606. The molecule has 0 spiro atoms. The van der Waals surface area contributed by atoms with Crippen LogP contribution in [0.3, 0.4) is 0 Å². The Morgan fingerprint density at radius 2 is 1.85 bits per heavy atom. The van der Waals surface area contributed by atoms with E-state index in [1.807, 2.05) is 11.3 Å². The van der Waals surface area contributed by atoms with E-state index in [9.17, 15) is 0 Å². The average Bonchev–Trinajstić information content (AvgIpc) is 2.89. The van der Waals surface area contributed by atoms with Gasteiger partial charge in [0, 0.05) is 22.3 Å². The fourth-order valence-electron chi connectivity index (χ4n) is 2.72. The number of hydrogen-bond acceptors (Lipinski definition) is 2. The molecule has 1 N–H and O–H groups in total. The molecular formula is C18H33NS. The molecule has 2 heteroatoms. The fraction of sp³-hybridized carbons (Fsp3) is 0.778. The monoisotopic (exact) mass is 295 g/mol. The Balaban J connectivity index is 2.77. The van der Waals surface area contributed by atoms with Gasteiger partial charge in [-0.15, -0.1) is 11.3 Å². The van der Waals surface area contributed by atoms with Crippen LogP contribution in [0.15, 0.2) is 12.1 Å². The third-order valence-electron chi connectivity index (χ3n) is 4.31. The minimum atomic E-state index is 0.441. The van der Waals surface area contributed by atoms with Crippen molar-refractivity contribution in [2.24, 2.45) is 5.41 Å². The SMILES string of the molecule is CCCCC(CC)(CNC(C)C)Cc1ccc(CC)s1. The highest BCUT2D eigenvalue weighted by molar-refractivity contribution is 7.11. The van der Waals surface area contributed by atoms with Crippen molar-refractivity contribution in [2.75, 3.05) is 6.54 Å². The van der Waals surface area contributed by atoms with Gasteiger partial charge in [0.2, 0.25) is 0 Å². The second kappa shape index (κ2) is 8.84. The molecular weight excluding hydrogens is 262 g/mol. The zero-order chi connectivity index (χ0) is 15.0. The Kier molecular flexibility index (Phi) is 7.83. The van der Waals surface area contributed by atoms with Gasteiger partial charge in [0.15, 0.2) is 0 Å². The van der Waals surface area contributed by atoms with E-state index in [2.05, 4.69) is 52.1 Å². The normalized spacial score (nSPS) is 14.7. The molecule has 0 saturated heterocycles. The van der Waals surface area contributed by atoms with Crippen molar-refractivity contribution < 1.29 is 0 Å². The molecule has 0 aromatic carbocycles. The van der Waals surface area contributed by atoms with Crippen LogP contribution in [0.1, 0.15) is 70.1 Å². The van der Waals surface area contributed by atoms with E-state index in [1.165, 1.54) is 43.4 Å². The second-order valence-corrected chi connectivity index (χ2v) is 7.64. The van der Waals surface area contributed by atoms with Gasteiger partial charge in [-0.3, -0.25) is 0 Å². The van der Waals surface area contributed by atoms with E-state index >= 15 is 0 Å². The first-order valence-electron chi connectivity index (χ1n) is 8.36. The molecule has 0 aliphatic rings. The van der Waals surface area contributed by atoms with Crippen molar-refractivity contribution in [3.63, 3.8) is 0 Å². The molecule has 1 aromatic rings. The smallest absolute Gasteiger partial charge is 0.00541 e.